The first-order valence-electron chi connectivity index (χ1n) is 19.9. The zero-order valence-electron chi connectivity index (χ0n) is 44.8. The molecule has 0 aliphatic carbocycles. The molecular formula is C33H91BrCl2NNa3O18S16. The molecule has 0 aromatic rings. The van der Waals surface area contributed by atoms with Gasteiger partial charge in [-0.25, -0.2) is 25.3 Å². The first-order chi connectivity index (χ1) is 31.8. The minimum atomic E-state index is -3.23. The molecule has 0 heterocycles. The van der Waals surface area contributed by atoms with Gasteiger partial charge in [-0.3, -0.25) is 12.6 Å². The van der Waals surface area contributed by atoms with Gasteiger partial charge in [0.15, 0.2) is 8.87 Å². The minimum absolute atomic E-state index is 0. The summed E-state index contributed by atoms with van der Waals surface area (Å²) < 4.78 is 128. The third-order valence-electron chi connectivity index (χ3n) is 3.52. The van der Waals surface area contributed by atoms with Gasteiger partial charge in [-0.2, -0.15) is 43.0 Å². The summed E-state index contributed by atoms with van der Waals surface area (Å²) in [5, 5.41) is 31.9. The molecule has 19 nitrogen and oxygen atoms in total. The molecule has 74 heavy (non-hydrogen) atoms. The van der Waals surface area contributed by atoms with Crippen molar-refractivity contribution in [2.24, 2.45) is 0 Å². The fraction of sp³-hybridized carbons (Fsp3) is 1.00. The van der Waals surface area contributed by atoms with Crippen LogP contribution in [0.2, 0.25) is 0 Å². The summed E-state index contributed by atoms with van der Waals surface area (Å²) >= 11 is 13.5. The van der Waals surface area contributed by atoms with Crippen molar-refractivity contribution in [1.29, 1.82) is 0 Å². The Morgan fingerprint density at radius 3 is 0.892 bits per heavy atom. The average Bonchev–Trinajstić information content (AvgIpc) is 3.21. The van der Waals surface area contributed by atoms with E-state index in [1.54, 1.807) is 64.8 Å². The molecule has 0 aliphatic heterocycles. The van der Waals surface area contributed by atoms with Crippen LogP contribution in [0, 0.1) is 0 Å². The summed E-state index contributed by atoms with van der Waals surface area (Å²) in [5.41, 5.74) is 0. The molecule has 0 fully saturated rings. The van der Waals surface area contributed by atoms with E-state index in [1.165, 1.54) is 63.3 Å². The molecule has 0 aromatic heterocycles. The Morgan fingerprint density at radius 1 is 0.581 bits per heavy atom. The molecule has 0 amide bonds. The number of nitrogens with zero attached hydrogens (tertiary/aromatic N) is 1. The quantitative estimate of drug-likeness (QED) is 0.0186. The average molecular weight is 1520 g/mol. The van der Waals surface area contributed by atoms with Gasteiger partial charge in [-0.1, -0.05) is 144 Å². The van der Waals surface area contributed by atoms with Gasteiger partial charge < -0.3 is 29.9 Å². The van der Waals surface area contributed by atoms with Gasteiger partial charge in [0, 0.05) is 86.6 Å². The van der Waals surface area contributed by atoms with E-state index in [0.29, 0.717) is 23.4 Å². The maximum absolute atomic E-state index is 10.4. The van der Waals surface area contributed by atoms with Gasteiger partial charge in [0.05, 0.1) is 58.1 Å². The predicted octanol–water partition coefficient (Wildman–Crippen LogP) is 3.54. The van der Waals surface area contributed by atoms with Crippen LogP contribution < -0.4 is 29.6 Å². The van der Waals surface area contributed by atoms with E-state index in [9.17, 15) is 50.9 Å². The molecule has 4 N–H and O–H groups in total. The van der Waals surface area contributed by atoms with Crippen LogP contribution in [0.5, 0.6) is 0 Å². The standard InChI is InChI=1S/C6H15N.2C5H12O3S3.C4H10OS2.C3H8O3S2.C2H5BrO.C2H6S.2CH3ClO2S.CH4O2S2.CH4O.2CH4.3Na.H2S/c1-4-7(5-2)6-3;2*1-3-9-10-5-4-8-11(2,6)7;1-2-6-7-4-3-5;1-8(5,6)7-3-2-4;3-1-2-4;1-2-3;3*1-5(2,3)4;1-2;;;;;;/h4-6H2,1-3H3;2*3-5H2,1-2H3;5H,2-4H2,1H3;4H,2-3H2,1H3;4H,1-2H2;3H,2H2,1H3;2*1H3;1H3,(H,2,3,4);2H,1H3;2*1H4;;;;1H2/q;;;;;;;;;;;;;;;+1;/p-1. The van der Waals surface area contributed by atoms with Crippen molar-refractivity contribution in [1.82, 2.24) is 4.90 Å². The van der Waals surface area contributed by atoms with E-state index < -0.39 is 56.0 Å². The number of aliphatic hydroxyl groups is 4. The Kier molecular flexibility index (Phi) is 160. The molecule has 41 heteroatoms. The SMILES string of the molecule is C.C.CCN(CC)CC.CCS.CCSSCCO.CCSSCCOS(C)(=O)=O.CCSSCCOS(C)(=O)=O.CO.CS(=O)(=O)Cl.CS(=O)(=O)Cl.CS(=O)(=O)SCCO.CS(=O)([O-])=S.OCCBr.S.[Na+].[Na][Na]. The molecule has 0 saturated heterocycles. The van der Waals surface area contributed by atoms with Gasteiger partial charge in [0.25, 0.3) is 20.2 Å². The van der Waals surface area contributed by atoms with E-state index in [-0.39, 0.29) is 90.1 Å². The third-order valence-corrected chi connectivity index (χ3v) is 15.0. The van der Waals surface area contributed by atoms with Gasteiger partial charge in [0.2, 0.25) is 18.1 Å². The van der Waals surface area contributed by atoms with Crippen molar-refractivity contribution >= 4 is 250 Å². The Bertz CT molecular complexity index is 1480. The van der Waals surface area contributed by atoms with Crippen molar-refractivity contribution in [3.05, 3.63) is 0 Å². The second-order valence-corrected chi connectivity index (χ2v) is 37.3. The number of hydrogen-bond acceptors (Lipinski definition) is 28. The third kappa shape index (κ3) is 316. The molecular weight excluding hydrogens is 1430 g/mol. The van der Waals surface area contributed by atoms with Gasteiger partial charge in [-0.05, 0) is 56.1 Å². The maximum atomic E-state index is 10.4. The topological polar surface area (TPSA) is 313 Å². The summed E-state index contributed by atoms with van der Waals surface area (Å²) in [6.45, 7) is 19.3. The van der Waals surface area contributed by atoms with E-state index in [0.717, 1.165) is 84.2 Å². The zero-order valence-corrected chi connectivity index (χ0v) is 67.2. The van der Waals surface area contributed by atoms with Crippen molar-refractivity contribution in [3.8, 4) is 0 Å². The first kappa shape index (κ1) is 123. The van der Waals surface area contributed by atoms with Crippen LogP contribution in [0.15, 0.2) is 0 Å². The summed E-state index contributed by atoms with van der Waals surface area (Å²) in [5.74, 6) is 6.69. The molecule has 0 radical (unpaired) electrons. The fourth-order valence-electron chi connectivity index (χ4n) is 1.76. The number of halogens is 3. The van der Waals surface area contributed by atoms with E-state index in [4.69, 9.17) is 20.4 Å². The molecule has 0 aliphatic rings. The van der Waals surface area contributed by atoms with Crippen LogP contribution >= 0.6 is 139 Å². The summed E-state index contributed by atoms with van der Waals surface area (Å²) in [6.07, 6.45) is 6.06. The first-order valence-corrected chi connectivity index (χ1v) is 52.4. The Balaban J connectivity index is -0.0000000363. The second kappa shape index (κ2) is 96.3. The zero-order chi connectivity index (χ0) is 59.0. The Labute approximate surface area is 566 Å². The van der Waals surface area contributed by atoms with Crippen LogP contribution in [-0.4, -0.2) is 268 Å². The molecule has 0 spiro atoms. The van der Waals surface area contributed by atoms with E-state index in [1.807, 2.05) is 6.92 Å². The van der Waals surface area contributed by atoms with Gasteiger partial charge >= 0.3 is 73.2 Å². The van der Waals surface area contributed by atoms with Crippen LogP contribution in [0.4, 0.5) is 0 Å². The fourth-order valence-corrected chi connectivity index (χ4v) is 8.68. The summed E-state index contributed by atoms with van der Waals surface area (Å²) in [4.78, 5) is 2.38. The predicted molar refractivity (Wildman–Crippen MR) is 356 cm³/mol. The van der Waals surface area contributed by atoms with E-state index >= 15 is 0 Å². The van der Waals surface area contributed by atoms with Crippen molar-refractivity contribution in [2.75, 3.05) is 149 Å². The summed E-state index contributed by atoms with van der Waals surface area (Å²) in [7, 11) is 2.04. The van der Waals surface area contributed by atoms with Gasteiger partial charge in [0.1, 0.15) is 0 Å². The molecule has 456 valence electrons. The number of rotatable bonds is 23. The number of thiol groups is 1. The van der Waals surface area contributed by atoms with Crippen LogP contribution in [0.25, 0.3) is 0 Å². The Morgan fingerprint density at radius 2 is 0.784 bits per heavy atom. The molecule has 0 bridgehead atoms. The van der Waals surface area contributed by atoms with Crippen LogP contribution in [0.3, 0.4) is 0 Å². The van der Waals surface area contributed by atoms with Gasteiger partial charge in [-0.15, -0.1) is 0 Å². The number of alkyl halides is 1. The normalized spacial score (nSPS) is 10.5. The molecule has 0 saturated carbocycles. The van der Waals surface area contributed by atoms with Crippen LogP contribution in [-0.2, 0) is 75.5 Å². The van der Waals surface area contributed by atoms with Crippen molar-refractivity contribution < 1.29 is 109 Å². The second-order valence-electron chi connectivity index (χ2n) is 10.1. The molecule has 0 rings (SSSR count). The van der Waals surface area contributed by atoms with Crippen molar-refractivity contribution in [3.63, 3.8) is 0 Å². The molecule has 0 aromatic carbocycles. The molecule has 1 atom stereocenters. The molecule has 1 unspecified atom stereocenters. The monoisotopic (exact) mass is 1520 g/mol. The summed E-state index contributed by atoms with van der Waals surface area (Å²) in [6, 6.07) is 0. The number of aliphatic hydroxyl groups excluding tert-OH is 4. The number of hydrogen-bond donors (Lipinski definition) is 5. The Hall–Kier alpha value is 7.01. The van der Waals surface area contributed by atoms with Crippen LogP contribution in [0.1, 0.15) is 63.3 Å². The van der Waals surface area contributed by atoms with Crippen molar-refractivity contribution in [2.45, 2.75) is 63.3 Å². The van der Waals surface area contributed by atoms with E-state index in [2.05, 4.69) is 116 Å².